The molecule has 0 aliphatic rings. The SMILES string of the molecule is CCCc1cc(N)n(-c2cc(Cl)ccc2Cl)n1. The number of aryl methyl sites for hydroxylation is 1. The average molecular weight is 270 g/mol. The van der Waals surface area contributed by atoms with Crippen molar-refractivity contribution >= 4 is 29.0 Å². The minimum Gasteiger partial charge on any atom is -0.384 e. The molecule has 0 unspecified atom stereocenters. The van der Waals surface area contributed by atoms with Crippen molar-refractivity contribution in [1.82, 2.24) is 9.78 Å². The number of hydrogen-bond acceptors (Lipinski definition) is 2. The summed E-state index contributed by atoms with van der Waals surface area (Å²) >= 11 is 12.1. The van der Waals surface area contributed by atoms with E-state index in [9.17, 15) is 0 Å². The van der Waals surface area contributed by atoms with E-state index in [4.69, 9.17) is 28.9 Å². The summed E-state index contributed by atoms with van der Waals surface area (Å²) in [6.45, 7) is 2.10. The Kier molecular flexibility index (Phi) is 3.60. The van der Waals surface area contributed by atoms with E-state index in [1.165, 1.54) is 0 Å². The Bertz CT molecular complexity index is 535. The summed E-state index contributed by atoms with van der Waals surface area (Å²) in [7, 11) is 0. The number of nitrogens with two attached hydrogens (primary N) is 1. The van der Waals surface area contributed by atoms with Gasteiger partial charge in [-0.1, -0.05) is 36.5 Å². The lowest BCUT2D eigenvalue weighted by molar-refractivity contribution is 0.811. The predicted octanol–water partition coefficient (Wildman–Crippen LogP) is 3.71. The van der Waals surface area contributed by atoms with E-state index in [1.807, 2.05) is 6.07 Å². The first-order valence-corrected chi connectivity index (χ1v) is 6.17. The average Bonchev–Trinajstić information content (AvgIpc) is 2.64. The molecule has 1 aromatic heterocycles. The summed E-state index contributed by atoms with van der Waals surface area (Å²) in [4.78, 5) is 0. The maximum atomic E-state index is 6.11. The molecule has 0 saturated carbocycles. The molecule has 0 fully saturated rings. The van der Waals surface area contributed by atoms with Crippen LogP contribution in [-0.2, 0) is 6.42 Å². The van der Waals surface area contributed by atoms with Crippen LogP contribution in [0.1, 0.15) is 19.0 Å². The third-order valence-electron chi connectivity index (χ3n) is 2.43. The van der Waals surface area contributed by atoms with Gasteiger partial charge in [0.2, 0.25) is 0 Å². The normalized spacial score (nSPS) is 10.8. The van der Waals surface area contributed by atoms with Crippen molar-refractivity contribution in [2.75, 3.05) is 5.73 Å². The highest BCUT2D eigenvalue weighted by molar-refractivity contribution is 6.34. The molecule has 0 radical (unpaired) electrons. The van der Waals surface area contributed by atoms with Crippen LogP contribution < -0.4 is 5.73 Å². The fraction of sp³-hybridized carbons (Fsp3) is 0.250. The highest BCUT2D eigenvalue weighted by Crippen LogP contribution is 2.26. The molecule has 0 bridgehead atoms. The lowest BCUT2D eigenvalue weighted by atomic mass is 10.2. The van der Waals surface area contributed by atoms with E-state index in [0.717, 1.165) is 18.5 Å². The Morgan fingerprint density at radius 2 is 2.06 bits per heavy atom. The fourth-order valence-electron chi connectivity index (χ4n) is 1.67. The molecule has 2 rings (SSSR count). The molecule has 5 heteroatoms. The van der Waals surface area contributed by atoms with Crippen molar-refractivity contribution in [3.05, 3.63) is 40.0 Å². The molecule has 3 nitrogen and oxygen atoms in total. The lowest BCUT2D eigenvalue weighted by Crippen LogP contribution is -2.02. The molecule has 0 spiro atoms. The van der Waals surface area contributed by atoms with Gasteiger partial charge in [-0.25, -0.2) is 4.68 Å². The zero-order valence-corrected chi connectivity index (χ0v) is 11.0. The molecule has 90 valence electrons. The molecule has 0 saturated heterocycles. The van der Waals surface area contributed by atoms with E-state index in [0.29, 0.717) is 21.6 Å². The van der Waals surface area contributed by atoms with Crippen molar-refractivity contribution in [2.24, 2.45) is 0 Å². The van der Waals surface area contributed by atoms with Gasteiger partial charge in [-0.15, -0.1) is 0 Å². The highest BCUT2D eigenvalue weighted by atomic mass is 35.5. The topological polar surface area (TPSA) is 43.8 Å². The molecule has 0 atom stereocenters. The van der Waals surface area contributed by atoms with Crippen molar-refractivity contribution in [2.45, 2.75) is 19.8 Å². The van der Waals surface area contributed by atoms with Crippen LogP contribution >= 0.6 is 23.2 Å². The summed E-state index contributed by atoms with van der Waals surface area (Å²) in [6.07, 6.45) is 1.93. The van der Waals surface area contributed by atoms with Crippen molar-refractivity contribution in [1.29, 1.82) is 0 Å². The van der Waals surface area contributed by atoms with Gasteiger partial charge in [0.25, 0.3) is 0 Å². The van der Waals surface area contributed by atoms with Crippen LogP contribution in [0.3, 0.4) is 0 Å². The van der Waals surface area contributed by atoms with Crippen LogP contribution in [0, 0.1) is 0 Å². The molecule has 17 heavy (non-hydrogen) atoms. The Balaban J connectivity index is 2.48. The molecule has 2 N–H and O–H groups in total. The number of nitrogen functional groups attached to an aromatic ring is 1. The minimum absolute atomic E-state index is 0.567. The van der Waals surface area contributed by atoms with E-state index in [-0.39, 0.29) is 0 Å². The van der Waals surface area contributed by atoms with Gasteiger partial charge in [-0.2, -0.15) is 5.10 Å². The Hall–Kier alpha value is -1.19. The maximum absolute atomic E-state index is 6.11. The monoisotopic (exact) mass is 269 g/mol. The first-order valence-electron chi connectivity index (χ1n) is 5.41. The minimum atomic E-state index is 0.567. The Morgan fingerprint density at radius 1 is 1.29 bits per heavy atom. The fourth-order valence-corrected chi connectivity index (χ4v) is 2.03. The summed E-state index contributed by atoms with van der Waals surface area (Å²) in [6, 6.07) is 7.09. The molecule has 0 amide bonds. The zero-order valence-electron chi connectivity index (χ0n) is 9.45. The second kappa shape index (κ2) is 4.98. The standard InChI is InChI=1S/C12H13Cl2N3/c1-2-3-9-7-12(15)17(16-9)11-6-8(13)4-5-10(11)14/h4-7H,2-3,15H2,1H3. The second-order valence-corrected chi connectivity index (χ2v) is 4.66. The Labute approximate surface area is 110 Å². The number of hydrogen-bond donors (Lipinski definition) is 1. The van der Waals surface area contributed by atoms with E-state index in [2.05, 4.69) is 12.0 Å². The number of nitrogens with zero attached hydrogens (tertiary/aromatic N) is 2. The number of anilines is 1. The number of benzene rings is 1. The quantitative estimate of drug-likeness (QED) is 0.923. The van der Waals surface area contributed by atoms with Gasteiger partial charge < -0.3 is 5.73 Å². The van der Waals surface area contributed by atoms with E-state index in [1.54, 1.807) is 22.9 Å². The van der Waals surface area contributed by atoms with Gasteiger partial charge in [0.15, 0.2) is 0 Å². The third kappa shape index (κ3) is 2.56. The summed E-state index contributed by atoms with van der Waals surface area (Å²) in [5.41, 5.74) is 7.59. The second-order valence-electron chi connectivity index (χ2n) is 3.82. The third-order valence-corrected chi connectivity index (χ3v) is 2.98. The first kappa shape index (κ1) is 12.3. The smallest absolute Gasteiger partial charge is 0.127 e. The van der Waals surface area contributed by atoms with Gasteiger partial charge in [0, 0.05) is 11.1 Å². The number of rotatable bonds is 3. The molecular weight excluding hydrogens is 257 g/mol. The summed E-state index contributed by atoms with van der Waals surface area (Å²) in [5.74, 6) is 0.567. The van der Waals surface area contributed by atoms with Crippen LogP contribution in [0.25, 0.3) is 5.69 Å². The van der Waals surface area contributed by atoms with Gasteiger partial charge in [0.05, 0.1) is 16.4 Å². The van der Waals surface area contributed by atoms with Gasteiger partial charge in [-0.05, 0) is 24.6 Å². The van der Waals surface area contributed by atoms with Crippen LogP contribution in [0.5, 0.6) is 0 Å². The number of halogens is 2. The molecule has 0 aliphatic heterocycles. The molecular formula is C12H13Cl2N3. The van der Waals surface area contributed by atoms with Crippen LogP contribution in [0.2, 0.25) is 10.0 Å². The molecule has 1 aromatic carbocycles. The van der Waals surface area contributed by atoms with E-state index < -0.39 is 0 Å². The first-order chi connectivity index (χ1) is 8.11. The maximum Gasteiger partial charge on any atom is 0.127 e. The summed E-state index contributed by atoms with van der Waals surface area (Å²) < 4.78 is 1.62. The van der Waals surface area contributed by atoms with Crippen molar-refractivity contribution < 1.29 is 0 Å². The highest BCUT2D eigenvalue weighted by Gasteiger charge is 2.10. The van der Waals surface area contributed by atoms with Crippen LogP contribution in [0.15, 0.2) is 24.3 Å². The van der Waals surface area contributed by atoms with E-state index >= 15 is 0 Å². The molecule has 0 aliphatic carbocycles. The Morgan fingerprint density at radius 3 is 2.76 bits per heavy atom. The van der Waals surface area contributed by atoms with Gasteiger partial charge in [0.1, 0.15) is 5.82 Å². The van der Waals surface area contributed by atoms with Crippen LogP contribution in [0.4, 0.5) is 5.82 Å². The summed E-state index contributed by atoms with van der Waals surface area (Å²) in [5, 5.41) is 5.60. The molecule has 2 aromatic rings. The predicted molar refractivity (Wildman–Crippen MR) is 72.0 cm³/mol. The van der Waals surface area contributed by atoms with Gasteiger partial charge in [-0.3, -0.25) is 0 Å². The largest absolute Gasteiger partial charge is 0.384 e. The van der Waals surface area contributed by atoms with Crippen molar-refractivity contribution in [3.8, 4) is 5.69 Å². The lowest BCUT2D eigenvalue weighted by Gasteiger charge is -2.06. The zero-order chi connectivity index (χ0) is 12.4. The van der Waals surface area contributed by atoms with Gasteiger partial charge >= 0.3 is 0 Å². The van der Waals surface area contributed by atoms with Crippen LogP contribution in [-0.4, -0.2) is 9.78 Å². The molecule has 1 heterocycles. The van der Waals surface area contributed by atoms with Crippen molar-refractivity contribution in [3.63, 3.8) is 0 Å². The number of aromatic nitrogens is 2.